The van der Waals surface area contributed by atoms with Crippen molar-refractivity contribution in [1.82, 2.24) is 4.98 Å². The highest BCUT2D eigenvalue weighted by molar-refractivity contribution is 6.06. The van der Waals surface area contributed by atoms with Gasteiger partial charge >= 0.3 is 5.97 Å². The second-order valence-corrected chi connectivity index (χ2v) is 8.12. The highest BCUT2D eigenvalue weighted by atomic mass is 16.6. The zero-order valence-electron chi connectivity index (χ0n) is 17.8. The maximum atomic E-state index is 13.2. The third-order valence-electron chi connectivity index (χ3n) is 5.69. The number of nitrogens with one attached hydrogen (secondary N) is 1. The van der Waals surface area contributed by atoms with Gasteiger partial charge in [-0.25, -0.2) is 4.79 Å². The van der Waals surface area contributed by atoms with Crippen LogP contribution in [-0.2, 0) is 22.4 Å². The van der Waals surface area contributed by atoms with E-state index in [4.69, 9.17) is 9.72 Å². The van der Waals surface area contributed by atoms with Crippen LogP contribution in [0.5, 0.6) is 0 Å². The van der Waals surface area contributed by atoms with Gasteiger partial charge in [-0.1, -0.05) is 31.2 Å². The number of aryl methyl sites for hydroxylation is 1. The summed E-state index contributed by atoms with van der Waals surface area (Å²) in [5, 5.41) is 14.2. The SMILES string of the molecule is CC1CCc2nc3ccccc3c(C(=O)OC(C)C(=O)Nc3cccc([N+](=O)[O-])c3)c2C1. The zero-order chi connectivity index (χ0) is 22.8. The van der Waals surface area contributed by atoms with Gasteiger partial charge in [0.25, 0.3) is 11.6 Å². The van der Waals surface area contributed by atoms with Crippen molar-refractivity contribution in [2.45, 2.75) is 39.2 Å². The van der Waals surface area contributed by atoms with Gasteiger partial charge < -0.3 is 10.1 Å². The fraction of sp³-hybridized carbons (Fsp3) is 0.292. The molecule has 1 aromatic heterocycles. The van der Waals surface area contributed by atoms with Gasteiger partial charge in [0.05, 0.1) is 16.0 Å². The molecule has 8 nitrogen and oxygen atoms in total. The molecule has 0 bridgehead atoms. The Kier molecular flexibility index (Phi) is 5.85. The van der Waals surface area contributed by atoms with E-state index in [0.29, 0.717) is 16.9 Å². The summed E-state index contributed by atoms with van der Waals surface area (Å²) >= 11 is 0. The number of non-ortho nitro benzene ring substituents is 1. The number of nitro benzene ring substituents is 1. The second-order valence-electron chi connectivity index (χ2n) is 8.12. The molecule has 0 fully saturated rings. The van der Waals surface area contributed by atoms with Crippen LogP contribution in [0.2, 0.25) is 0 Å². The number of rotatable bonds is 5. The Morgan fingerprint density at radius 1 is 1.22 bits per heavy atom. The standard InChI is InChI=1S/C24H23N3O5/c1-14-10-11-21-19(12-14)22(18-8-3-4-9-20(18)26-21)24(29)32-15(2)23(28)25-16-6-5-7-17(13-16)27(30)31/h3-9,13-15H,10-12H2,1-2H3,(H,25,28). The Labute approximate surface area is 184 Å². The molecule has 1 aliphatic rings. The van der Waals surface area contributed by atoms with Gasteiger partial charge in [-0.15, -0.1) is 0 Å². The Balaban J connectivity index is 1.58. The number of anilines is 1. The van der Waals surface area contributed by atoms with E-state index in [2.05, 4.69) is 12.2 Å². The van der Waals surface area contributed by atoms with Gasteiger partial charge in [0.15, 0.2) is 6.10 Å². The first-order valence-corrected chi connectivity index (χ1v) is 10.5. The third-order valence-corrected chi connectivity index (χ3v) is 5.69. The smallest absolute Gasteiger partial charge is 0.339 e. The minimum atomic E-state index is -1.09. The minimum Gasteiger partial charge on any atom is -0.449 e. The molecule has 2 atom stereocenters. The van der Waals surface area contributed by atoms with Crippen molar-refractivity contribution >= 4 is 34.2 Å². The van der Waals surface area contributed by atoms with Gasteiger partial charge in [-0.2, -0.15) is 0 Å². The molecule has 1 N–H and O–H groups in total. The summed E-state index contributed by atoms with van der Waals surface area (Å²) in [7, 11) is 0. The first-order valence-electron chi connectivity index (χ1n) is 10.5. The molecule has 3 aromatic rings. The molecular weight excluding hydrogens is 410 g/mol. The van der Waals surface area contributed by atoms with E-state index in [9.17, 15) is 19.7 Å². The summed E-state index contributed by atoms with van der Waals surface area (Å²) in [5.41, 5.74) is 3.10. The molecule has 0 spiro atoms. The Morgan fingerprint density at radius 3 is 2.78 bits per heavy atom. The summed E-state index contributed by atoms with van der Waals surface area (Å²) in [6, 6.07) is 13.0. The first-order chi connectivity index (χ1) is 15.3. The van der Waals surface area contributed by atoms with E-state index >= 15 is 0 Å². The summed E-state index contributed by atoms with van der Waals surface area (Å²) in [4.78, 5) is 41.0. The number of carbonyl (C=O) groups is 2. The lowest BCUT2D eigenvalue weighted by Crippen LogP contribution is -2.31. The predicted molar refractivity (Wildman–Crippen MR) is 120 cm³/mol. The van der Waals surface area contributed by atoms with Crippen LogP contribution in [0.1, 0.15) is 41.9 Å². The zero-order valence-corrected chi connectivity index (χ0v) is 17.8. The van der Waals surface area contributed by atoms with Crippen molar-refractivity contribution in [3.05, 3.63) is 75.5 Å². The highest BCUT2D eigenvalue weighted by Crippen LogP contribution is 2.32. The van der Waals surface area contributed by atoms with Gasteiger partial charge in [-0.3, -0.25) is 19.9 Å². The van der Waals surface area contributed by atoms with Crippen LogP contribution in [0.4, 0.5) is 11.4 Å². The number of para-hydroxylation sites is 1. The quantitative estimate of drug-likeness (QED) is 0.361. The molecule has 2 unspecified atom stereocenters. The number of esters is 1. The molecule has 32 heavy (non-hydrogen) atoms. The van der Waals surface area contributed by atoms with Gasteiger partial charge in [0, 0.05) is 28.9 Å². The van der Waals surface area contributed by atoms with Gasteiger partial charge in [-0.05, 0) is 49.8 Å². The lowest BCUT2D eigenvalue weighted by atomic mass is 9.84. The Morgan fingerprint density at radius 2 is 2.00 bits per heavy atom. The molecule has 2 aromatic carbocycles. The number of carbonyl (C=O) groups excluding carboxylic acids is 2. The molecule has 0 radical (unpaired) electrons. The molecule has 1 heterocycles. The number of aromatic nitrogens is 1. The Hall–Kier alpha value is -3.81. The summed E-state index contributed by atoms with van der Waals surface area (Å²) in [6.07, 6.45) is 1.44. The second kappa shape index (κ2) is 8.74. The molecule has 0 aliphatic heterocycles. The van der Waals surface area contributed by atoms with E-state index in [-0.39, 0.29) is 11.4 Å². The molecule has 8 heteroatoms. The van der Waals surface area contributed by atoms with E-state index in [1.54, 1.807) is 0 Å². The van der Waals surface area contributed by atoms with Crippen molar-refractivity contribution in [1.29, 1.82) is 0 Å². The molecule has 164 valence electrons. The van der Waals surface area contributed by atoms with Crippen LogP contribution in [0.15, 0.2) is 48.5 Å². The van der Waals surface area contributed by atoms with Crippen molar-refractivity contribution < 1.29 is 19.2 Å². The summed E-state index contributed by atoms with van der Waals surface area (Å²) in [6.45, 7) is 3.62. The average molecular weight is 433 g/mol. The van der Waals surface area contributed by atoms with E-state index in [1.807, 2.05) is 24.3 Å². The van der Waals surface area contributed by atoms with Crippen LogP contribution in [-0.4, -0.2) is 27.9 Å². The highest BCUT2D eigenvalue weighted by Gasteiger charge is 2.28. The number of pyridine rings is 1. The van der Waals surface area contributed by atoms with E-state index in [0.717, 1.165) is 36.0 Å². The van der Waals surface area contributed by atoms with Crippen LogP contribution in [0, 0.1) is 16.0 Å². The minimum absolute atomic E-state index is 0.142. The van der Waals surface area contributed by atoms with E-state index < -0.39 is 22.9 Å². The Bertz CT molecular complexity index is 1220. The molecule has 0 saturated heterocycles. The fourth-order valence-corrected chi connectivity index (χ4v) is 4.01. The fourth-order valence-electron chi connectivity index (χ4n) is 4.01. The predicted octanol–water partition coefficient (Wildman–Crippen LogP) is 4.45. The summed E-state index contributed by atoms with van der Waals surface area (Å²) < 4.78 is 5.54. The molecular formula is C24H23N3O5. The number of nitrogens with zero attached hydrogens (tertiary/aromatic N) is 2. The number of ether oxygens (including phenoxy) is 1. The van der Waals surface area contributed by atoms with Crippen molar-refractivity contribution in [3.63, 3.8) is 0 Å². The number of hydrogen-bond donors (Lipinski definition) is 1. The lowest BCUT2D eigenvalue weighted by molar-refractivity contribution is -0.384. The number of amides is 1. The monoisotopic (exact) mass is 433 g/mol. The molecule has 1 aliphatic carbocycles. The number of hydrogen-bond acceptors (Lipinski definition) is 6. The van der Waals surface area contributed by atoms with Crippen LogP contribution >= 0.6 is 0 Å². The van der Waals surface area contributed by atoms with Crippen LogP contribution < -0.4 is 5.32 Å². The summed E-state index contributed by atoms with van der Waals surface area (Å²) in [5.74, 6) is -0.721. The largest absolute Gasteiger partial charge is 0.449 e. The average Bonchev–Trinajstić information content (AvgIpc) is 2.77. The van der Waals surface area contributed by atoms with Crippen LogP contribution in [0.25, 0.3) is 10.9 Å². The first kappa shape index (κ1) is 21.4. The number of benzene rings is 2. The van der Waals surface area contributed by atoms with Crippen LogP contribution in [0.3, 0.4) is 0 Å². The lowest BCUT2D eigenvalue weighted by Gasteiger charge is -2.24. The maximum absolute atomic E-state index is 13.2. The number of nitro groups is 1. The van der Waals surface area contributed by atoms with Crippen molar-refractivity contribution in [2.24, 2.45) is 5.92 Å². The third kappa shape index (κ3) is 4.30. The van der Waals surface area contributed by atoms with Crippen molar-refractivity contribution in [2.75, 3.05) is 5.32 Å². The van der Waals surface area contributed by atoms with Gasteiger partial charge in [0.2, 0.25) is 0 Å². The number of fused-ring (bicyclic) bond motifs is 2. The van der Waals surface area contributed by atoms with Crippen molar-refractivity contribution in [3.8, 4) is 0 Å². The molecule has 0 saturated carbocycles. The topological polar surface area (TPSA) is 111 Å². The molecule has 1 amide bonds. The van der Waals surface area contributed by atoms with E-state index in [1.165, 1.54) is 31.2 Å². The maximum Gasteiger partial charge on any atom is 0.339 e. The molecule has 4 rings (SSSR count). The van der Waals surface area contributed by atoms with Gasteiger partial charge in [0.1, 0.15) is 0 Å². The normalized spacial score (nSPS) is 16.1.